The number of hydrogen-bond donors (Lipinski definition) is 1. The number of β-amino-alcohol motifs (C(OH)–C–C–N with tert-alkyl or cyclic N) is 1. The first kappa shape index (κ1) is 12.8. The van der Waals surface area contributed by atoms with Crippen LogP contribution in [-0.2, 0) is 0 Å². The summed E-state index contributed by atoms with van der Waals surface area (Å²) >= 11 is 1.76. The van der Waals surface area contributed by atoms with Crippen molar-refractivity contribution in [3.05, 3.63) is 11.1 Å². The maximum Gasteiger partial charge on any atom is 0.185 e. The van der Waals surface area contributed by atoms with E-state index in [1.54, 1.807) is 11.3 Å². The third kappa shape index (κ3) is 3.66. The number of anilines is 1. The molecule has 0 radical (unpaired) electrons. The molecule has 17 heavy (non-hydrogen) atoms. The summed E-state index contributed by atoms with van der Waals surface area (Å²) in [5.74, 6) is 0. The van der Waals surface area contributed by atoms with E-state index >= 15 is 0 Å². The summed E-state index contributed by atoms with van der Waals surface area (Å²) in [4.78, 5) is 10.3. The normalized spacial score (nSPS) is 18.7. The summed E-state index contributed by atoms with van der Waals surface area (Å²) in [6, 6.07) is 0. The van der Waals surface area contributed by atoms with Gasteiger partial charge in [-0.1, -0.05) is 0 Å². The first-order valence-electron chi connectivity index (χ1n) is 6.06. The minimum atomic E-state index is -0.597. The van der Waals surface area contributed by atoms with Gasteiger partial charge in [-0.2, -0.15) is 0 Å². The van der Waals surface area contributed by atoms with Crippen molar-refractivity contribution in [2.45, 2.75) is 26.4 Å². The minimum absolute atomic E-state index is 0.597. The highest BCUT2D eigenvalue weighted by Gasteiger charge is 2.23. The molecule has 1 N–H and O–H groups in total. The van der Waals surface area contributed by atoms with Gasteiger partial charge in [-0.15, -0.1) is 11.3 Å². The summed E-state index contributed by atoms with van der Waals surface area (Å²) in [6.45, 7) is 10.6. The number of aliphatic hydroxyl groups is 1. The molecule has 1 aromatic heterocycles. The first-order valence-corrected chi connectivity index (χ1v) is 6.88. The third-order valence-electron chi connectivity index (χ3n) is 2.86. The van der Waals surface area contributed by atoms with Gasteiger partial charge in [0.25, 0.3) is 0 Å². The lowest BCUT2D eigenvalue weighted by Gasteiger charge is -2.37. The number of thiazole rings is 1. The van der Waals surface area contributed by atoms with Crippen LogP contribution in [0.15, 0.2) is 6.20 Å². The maximum absolute atomic E-state index is 9.79. The maximum atomic E-state index is 9.79. The second-order valence-corrected chi connectivity index (χ2v) is 6.54. The van der Waals surface area contributed by atoms with Crippen molar-refractivity contribution in [1.82, 2.24) is 9.88 Å². The molecule has 1 aromatic rings. The van der Waals surface area contributed by atoms with Crippen LogP contribution >= 0.6 is 11.3 Å². The van der Waals surface area contributed by atoms with Gasteiger partial charge >= 0.3 is 0 Å². The molecule has 96 valence electrons. The summed E-state index contributed by atoms with van der Waals surface area (Å²) in [7, 11) is 0. The molecule has 0 bridgehead atoms. The van der Waals surface area contributed by atoms with Crippen molar-refractivity contribution in [1.29, 1.82) is 0 Å². The largest absolute Gasteiger partial charge is 0.389 e. The zero-order valence-electron chi connectivity index (χ0n) is 10.8. The Morgan fingerprint density at radius 2 is 2.00 bits per heavy atom. The molecule has 0 aliphatic carbocycles. The topological polar surface area (TPSA) is 39.6 Å². The molecule has 2 heterocycles. The highest BCUT2D eigenvalue weighted by molar-refractivity contribution is 7.15. The zero-order chi connectivity index (χ0) is 12.5. The molecule has 2 rings (SSSR count). The van der Waals surface area contributed by atoms with E-state index in [9.17, 15) is 5.11 Å². The lowest BCUT2D eigenvalue weighted by molar-refractivity contribution is 0.0345. The number of aromatic nitrogens is 1. The van der Waals surface area contributed by atoms with Crippen LogP contribution in [0.4, 0.5) is 5.13 Å². The second kappa shape index (κ2) is 4.92. The molecule has 1 aliphatic rings. The molecule has 0 unspecified atom stereocenters. The Bertz CT molecular complexity index is 364. The van der Waals surface area contributed by atoms with Crippen LogP contribution in [0.2, 0.25) is 0 Å². The summed E-state index contributed by atoms with van der Waals surface area (Å²) in [5, 5.41) is 10.9. The Morgan fingerprint density at radius 3 is 2.47 bits per heavy atom. The molecule has 1 fully saturated rings. The summed E-state index contributed by atoms with van der Waals surface area (Å²) < 4.78 is 0. The number of piperazine rings is 1. The third-order valence-corrected chi connectivity index (χ3v) is 3.84. The average Bonchev–Trinajstić information content (AvgIpc) is 2.63. The van der Waals surface area contributed by atoms with Gasteiger partial charge in [0.05, 0.1) is 5.60 Å². The van der Waals surface area contributed by atoms with E-state index in [1.807, 2.05) is 20.0 Å². The van der Waals surface area contributed by atoms with E-state index < -0.39 is 5.60 Å². The number of nitrogens with zero attached hydrogens (tertiary/aromatic N) is 3. The Balaban J connectivity index is 1.86. The van der Waals surface area contributed by atoms with Crippen molar-refractivity contribution in [2.75, 3.05) is 37.6 Å². The van der Waals surface area contributed by atoms with E-state index in [1.165, 1.54) is 4.88 Å². The van der Waals surface area contributed by atoms with Crippen molar-refractivity contribution in [2.24, 2.45) is 0 Å². The highest BCUT2D eigenvalue weighted by Crippen LogP contribution is 2.23. The Labute approximate surface area is 107 Å². The molecule has 0 aromatic carbocycles. The molecule has 1 saturated heterocycles. The van der Waals surface area contributed by atoms with Gasteiger partial charge in [0.1, 0.15) is 0 Å². The van der Waals surface area contributed by atoms with Crippen LogP contribution in [0.1, 0.15) is 18.7 Å². The second-order valence-electron chi connectivity index (χ2n) is 5.33. The minimum Gasteiger partial charge on any atom is -0.389 e. The van der Waals surface area contributed by atoms with E-state index in [2.05, 4.69) is 21.7 Å². The summed E-state index contributed by atoms with van der Waals surface area (Å²) in [5.41, 5.74) is -0.597. The molecule has 0 saturated carbocycles. The predicted octanol–water partition coefficient (Wildman–Crippen LogP) is 1.34. The Kier molecular flexibility index (Phi) is 3.70. The van der Waals surface area contributed by atoms with Gasteiger partial charge in [-0.25, -0.2) is 4.98 Å². The highest BCUT2D eigenvalue weighted by atomic mass is 32.1. The van der Waals surface area contributed by atoms with E-state index in [0.717, 1.165) is 37.9 Å². The molecule has 5 heteroatoms. The fourth-order valence-electron chi connectivity index (χ4n) is 2.13. The van der Waals surface area contributed by atoms with Gasteiger partial charge in [0.2, 0.25) is 0 Å². The number of rotatable bonds is 3. The number of aryl methyl sites for hydroxylation is 1. The van der Waals surface area contributed by atoms with Crippen LogP contribution in [0, 0.1) is 6.92 Å². The predicted molar refractivity (Wildman–Crippen MR) is 71.8 cm³/mol. The molecule has 0 atom stereocenters. The average molecular weight is 255 g/mol. The number of hydrogen-bond acceptors (Lipinski definition) is 5. The molecular weight excluding hydrogens is 234 g/mol. The quantitative estimate of drug-likeness (QED) is 0.885. The van der Waals surface area contributed by atoms with E-state index in [-0.39, 0.29) is 0 Å². The molecule has 4 nitrogen and oxygen atoms in total. The van der Waals surface area contributed by atoms with Crippen molar-refractivity contribution >= 4 is 16.5 Å². The van der Waals surface area contributed by atoms with Crippen LogP contribution in [0.25, 0.3) is 0 Å². The van der Waals surface area contributed by atoms with Gasteiger partial charge in [0, 0.05) is 43.8 Å². The van der Waals surface area contributed by atoms with E-state index in [4.69, 9.17) is 0 Å². The van der Waals surface area contributed by atoms with E-state index in [0.29, 0.717) is 0 Å². The smallest absolute Gasteiger partial charge is 0.185 e. The molecule has 0 amide bonds. The van der Waals surface area contributed by atoms with Gasteiger partial charge in [-0.3, -0.25) is 4.90 Å². The van der Waals surface area contributed by atoms with Crippen LogP contribution in [-0.4, -0.2) is 53.3 Å². The molecule has 1 aliphatic heterocycles. The van der Waals surface area contributed by atoms with Gasteiger partial charge in [0.15, 0.2) is 5.13 Å². The van der Waals surface area contributed by atoms with Crippen molar-refractivity contribution in [3.8, 4) is 0 Å². The fourth-order valence-corrected chi connectivity index (χ4v) is 2.94. The monoisotopic (exact) mass is 255 g/mol. The standard InChI is InChI=1S/C12H21N3OS/c1-10-8-13-11(17-10)15-6-4-14(5-7-15)9-12(2,3)16/h8,16H,4-7,9H2,1-3H3. The van der Waals surface area contributed by atoms with Gasteiger partial charge in [-0.05, 0) is 20.8 Å². The lowest BCUT2D eigenvalue weighted by atomic mass is 10.1. The van der Waals surface area contributed by atoms with Crippen LogP contribution < -0.4 is 4.90 Å². The first-order chi connectivity index (χ1) is 7.94. The Hall–Kier alpha value is -0.650. The Morgan fingerprint density at radius 1 is 1.35 bits per heavy atom. The lowest BCUT2D eigenvalue weighted by Crippen LogP contribution is -2.50. The SMILES string of the molecule is Cc1cnc(N2CCN(CC(C)(C)O)CC2)s1. The van der Waals surface area contributed by atoms with Crippen molar-refractivity contribution in [3.63, 3.8) is 0 Å². The molecule has 0 spiro atoms. The fraction of sp³-hybridized carbons (Fsp3) is 0.750. The van der Waals surface area contributed by atoms with Crippen LogP contribution in [0.5, 0.6) is 0 Å². The van der Waals surface area contributed by atoms with Crippen molar-refractivity contribution < 1.29 is 5.11 Å². The summed E-state index contributed by atoms with van der Waals surface area (Å²) in [6.07, 6.45) is 1.93. The zero-order valence-corrected chi connectivity index (χ0v) is 11.6. The van der Waals surface area contributed by atoms with Crippen LogP contribution in [0.3, 0.4) is 0 Å². The molecular formula is C12H21N3OS. The van der Waals surface area contributed by atoms with Gasteiger partial charge < -0.3 is 10.0 Å².